The number of nitrogens with zero attached hydrogens (tertiary/aromatic N) is 3. The van der Waals surface area contributed by atoms with Crippen molar-refractivity contribution in [2.75, 3.05) is 31.1 Å². The molecule has 6 heteroatoms. The monoisotopic (exact) mass is 345 g/mol. The van der Waals surface area contributed by atoms with Crippen LogP contribution < -0.4 is 4.90 Å². The van der Waals surface area contributed by atoms with Gasteiger partial charge < -0.3 is 9.80 Å². The molecule has 0 aromatic heterocycles. The number of nitro benzene ring substituents is 1. The number of piperidine rings is 2. The Balaban J connectivity index is 1.85. The summed E-state index contributed by atoms with van der Waals surface area (Å²) in [6.45, 7) is 7.44. The van der Waals surface area contributed by atoms with E-state index in [9.17, 15) is 14.9 Å². The van der Waals surface area contributed by atoms with Crippen LogP contribution in [0.25, 0.3) is 0 Å². The van der Waals surface area contributed by atoms with Gasteiger partial charge in [-0.3, -0.25) is 14.9 Å². The van der Waals surface area contributed by atoms with Gasteiger partial charge in [0.25, 0.3) is 11.6 Å². The van der Waals surface area contributed by atoms with E-state index in [2.05, 4.69) is 18.7 Å². The van der Waals surface area contributed by atoms with E-state index in [0.717, 1.165) is 45.4 Å². The summed E-state index contributed by atoms with van der Waals surface area (Å²) in [6.07, 6.45) is 4.41. The average Bonchev–Trinajstić information content (AvgIpc) is 2.60. The Morgan fingerprint density at radius 3 is 2.36 bits per heavy atom. The van der Waals surface area contributed by atoms with E-state index in [1.807, 2.05) is 4.90 Å². The summed E-state index contributed by atoms with van der Waals surface area (Å²) in [4.78, 5) is 28.0. The molecule has 2 saturated heterocycles. The van der Waals surface area contributed by atoms with Crippen molar-refractivity contribution in [3.63, 3.8) is 0 Å². The minimum atomic E-state index is -0.359. The predicted molar refractivity (Wildman–Crippen MR) is 98.0 cm³/mol. The zero-order valence-electron chi connectivity index (χ0n) is 15.1. The maximum atomic E-state index is 12.8. The van der Waals surface area contributed by atoms with Crippen molar-refractivity contribution in [2.45, 2.75) is 39.5 Å². The first-order valence-electron chi connectivity index (χ1n) is 9.28. The van der Waals surface area contributed by atoms with Gasteiger partial charge in [-0.1, -0.05) is 13.8 Å². The Labute approximate surface area is 148 Å². The molecule has 2 aliphatic heterocycles. The molecule has 0 saturated carbocycles. The molecule has 0 N–H and O–H groups in total. The first kappa shape index (κ1) is 17.7. The van der Waals surface area contributed by atoms with Crippen LogP contribution in [0.4, 0.5) is 11.4 Å². The van der Waals surface area contributed by atoms with Crippen LogP contribution in [0, 0.1) is 22.0 Å². The molecular weight excluding hydrogens is 318 g/mol. The lowest BCUT2D eigenvalue weighted by Gasteiger charge is -2.35. The highest BCUT2D eigenvalue weighted by Gasteiger charge is 2.28. The second-order valence-corrected chi connectivity index (χ2v) is 7.66. The van der Waals surface area contributed by atoms with Crippen molar-refractivity contribution in [3.05, 3.63) is 33.9 Å². The summed E-state index contributed by atoms with van der Waals surface area (Å²) in [7, 11) is 0. The SMILES string of the molecule is C[C@@H]1C[C@@H](C)CN(C(=O)c2ccc(N3CCCCC3)c([N+](=O)[O-])c2)C1. The molecule has 0 aliphatic carbocycles. The number of hydrogen-bond acceptors (Lipinski definition) is 4. The molecule has 6 nitrogen and oxygen atoms in total. The van der Waals surface area contributed by atoms with Crippen LogP contribution in [0.5, 0.6) is 0 Å². The van der Waals surface area contributed by atoms with Crippen molar-refractivity contribution < 1.29 is 9.72 Å². The molecule has 0 spiro atoms. The Morgan fingerprint density at radius 2 is 1.76 bits per heavy atom. The third-order valence-electron chi connectivity index (χ3n) is 5.27. The molecule has 2 heterocycles. The van der Waals surface area contributed by atoms with E-state index in [1.165, 1.54) is 12.5 Å². The van der Waals surface area contributed by atoms with Crippen molar-refractivity contribution in [2.24, 2.45) is 11.8 Å². The van der Waals surface area contributed by atoms with Crippen LogP contribution in [0.2, 0.25) is 0 Å². The van der Waals surface area contributed by atoms with Gasteiger partial charge in [0.1, 0.15) is 5.69 Å². The molecule has 0 bridgehead atoms. The number of rotatable bonds is 3. The lowest BCUT2D eigenvalue weighted by Crippen LogP contribution is -2.42. The van der Waals surface area contributed by atoms with Gasteiger partial charge in [0.15, 0.2) is 0 Å². The molecule has 2 fully saturated rings. The topological polar surface area (TPSA) is 66.7 Å². The molecular formula is C19H27N3O3. The van der Waals surface area contributed by atoms with Crippen LogP contribution in [-0.2, 0) is 0 Å². The summed E-state index contributed by atoms with van der Waals surface area (Å²) in [5.41, 5.74) is 1.11. The predicted octanol–water partition coefficient (Wildman–Crippen LogP) is 3.70. The number of amides is 1. The fraction of sp³-hybridized carbons (Fsp3) is 0.632. The van der Waals surface area contributed by atoms with Gasteiger partial charge in [0, 0.05) is 37.8 Å². The Morgan fingerprint density at radius 1 is 1.12 bits per heavy atom. The molecule has 2 atom stereocenters. The number of carbonyl (C=O) groups is 1. The van der Waals surface area contributed by atoms with Crippen LogP contribution >= 0.6 is 0 Å². The molecule has 1 aromatic carbocycles. The average molecular weight is 345 g/mol. The van der Waals surface area contributed by atoms with Gasteiger partial charge in [-0.25, -0.2) is 0 Å². The number of benzene rings is 1. The van der Waals surface area contributed by atoms with Gasteiger partial charge in [0.2, 0.25) is 0 Å². The largest absolute Gasteiger partial charge is 0.366 e. The summed E-state index contributed by atoms with van der Waals surface area (Å²) in [6, 6.07) is 4.98. The Hall–Kier alpha value is -2.11. The van der Waals surface area contributed by atoms with E-state index < -0.39 is 0 Å². The van der Waals surface area contributed by atoms with Crippen molar-refractivity contribution >= 4 is 17.3 Å². The van der Waals surface area contributed by atoms with E-state index in [0.29, 0.717) is 23.1 Å². The smallest absolute Gasteiger partial charge is 0.293 e. The van der Waals surface area contributed by atoms with E-state index in [1.54, 1.807) is 12.1 Å². The lowest BCUT2D eigenvalue weighted by atomic mass is 9.91. The second-order valence-electron chi connectivity index (χ2n) is 7.66. The Kier molecular flexibility index (Phi) is 5.25. The third kappa shape index (κ3) is 3.94. The molecule has 1 aromatic rings. The van der Waals surface area contributed by atoms with Gasteiger partial charge in [-0.15, -0.1) is 0 Å². The van der Waals surface area contributed by atoms with Crippen LogP contribution in [0.15, 0.2) is 18.2 Å². The molecule has 3 rings (SSSR count). The fourth-order valence-electron chi connectivity index (χ4n) is 4.22. The number of hydrogen-bond donors (Lipinski definition) is 0. The highest BCUT2D eigenvalue weighted by atomic mass is 16.6. The van der Waals surface area contributed by atoms with Gasteiger partial charge in [-0.2, -0.15) is 0 Å². The van der Waals surface area contributed by atoms with E-state index in [4.69, 9.17) is 0 Å². The van der Waals surface area contributed by atoms with Crippen LogP contribution in [-0.4, -0.2) is 41.9 Å². The van der Waals surface area contributed by atoms with Crippen LogP contribution in [0.3, 0.4) is 0 Å². The highest BCUT2D eigenvalue weighted by molar-refractivity contribution is 5.96. The molecule has 0 radical (unpaired) electrons. The molecule has 1 amide bonds. The zero-order valence-corrected chi connectivity index (χ0v) is 15.1. The molecule has 2 aliphatic rings. The maximum Gasteiger partial charge on any atom is 0.293 e. The summed E-state index contributed by atoms with van der Waals surface area (Å²) < 4.78 is 0. The number of likely N-dealkylation sites (tertiary alicyclic amines) is 1. The minimum absolute atomic E-state index is 0.0471. The number of nitro groups is 1. The quantitative estimate of drug-likeness (QED) is 0.619. The van der Waals surface area contributed by atoms with Crippen molar-refractivity contribution in [1.29, 1.82) is 0 Å². The summed E-state index contributed by atoms with van der Waals surface area (Å²) in [5.74, 6) is 0.845. The standard InChI is InChI=1S/C19H27N3O3/c1-14-10-15(2)13-21(12-14)19(23)16-6-7-17(18(11-16)22(24)25)20-8-4-3-5-9-20/h6-7,11,14-15H,3-5,8-10,12-13H2,1-2H3/t14-,15-/m1/s1. The van der Waals surface area contributed by atoms with Crippen molar-refractivity contribution in [3.8, 4) is 0 Å². The van der Waals surface area contributed by atoms with Gasteiger partial charge >= 0.3 is 0 Å². The normalized spacial score (nSPS) is 24.2. The second kappa shape index (κ2) is 7.42. The number of carbonyl (C=O) groups excluding carboxylic acids is 1. The first-order chi connectivity index (χ1) is 12.0. The molecule has 0 unspecified atom stereocenters. The maximum absolute atomic E-state index is 12.8. The summed E-state index contributed by atoms with van der Waals surface area (Å²) in [5, 5.41) is 11.6. The summed E-state index contributed by atoms with van der Waals surface area (Å²) >= 11 is 0. The van der Waals surface area contributed by atoms with Gasteiger partial charge in [-0.05, 0) is 49.7 Å². The minimum Gasteiger partial charge on any atom is -0.366 e. The van der Waals surface area contributed by atoms with Gasteiger partial charge in [0.05, 0.1) is 4.92 Å². The van der Waals surface area contributed by atoms with Crippen molar-refractivity contribution in [1.82, 2.24) is 4.90 Å². The number of anilines is 1. The van der Waals surface area contributed by atoms with E-state index in [-0.39, 0.29) is 16.5 Å². The first-order valence-corrected chi connectivity index (χ1v) is 9.28. The van der Waals surface area contributed by atoms with E-state index >= 15 is 0 Å². The molecule has 25 heavy (non-hydrogen) atoms. The highest BCUT2D eigenvalue weighted by Crippen LogP contribution is 2.32. The fourth-order valence-corrected chi connectivity index (χ4v) is 4.22. The Bertz CT molecular complexity index is 645. The molecule has 136 valence electrons. The van der Waals surface area contributed by atoms with Crippen LogP contribution in [0.1, 0.15) is 49.9 Å². The third-order valence-corrected chi connectivity index (χ3v) is 5.27. The zero-order chi connectivity index (χ0) is 18.0. The lowest BCUT2D eigenvalue weighted by molar-refractivity contribution is -0.384.